The van der Waals surface area contributed by atoms with Crippen LogP contribution >= 0.6 is 0 Å². The average molecular weight is 399 g/mol. The van der Waals surface area contributed by atoms with E-state index in [1.807, 2.05) is 54.6 Å². The number of carboxylic acid groups (broad SMARTS) is 1. The predicted molar refractivity (Wildman–Crippen MR) is 115 cm³/mol. The Hall–Kier alpha value is -3.77. The van der Waals surface area contributed by atoms with Gasteiger partial charge < -0.3 is 14.9 Å². The summed E-state index contributed by atoms with van der Waals surface area (Å²) in [6, 6.07) is 23.9. The molecule has 150 valence electrons. The molecule has 0 spiro atoms. The first-order valence-corrected chi connectivity index (χ1v) is 9.63. The molecule has 6 nitrogen and oxygen atoms in total. The highest BCUT2D eigenvalue weighted by molar-refractivity contribution is 5.75. The minimum atomic E-state index is -0.887. The Balaban J connectivity index is 1.60. The van der Waals surface area contributed by atoms with Crippen molar-refractivity contribution in [2.45, 2.75) is 13.5 Å². The van der Waals surface area contributed by atoms with E-state index in [2.05, 4.69) is 40.6 Å². The number of rotatable bonds is 7. The van der Waals surface area contributed by atoms with Crippen LogP contribution in [0.3, 0.4) is 0 Å². The maximum absolute atomic E-state index is 10.7. The van der Waals surface area contributed by atoms with Crippen LogP contribution in [0.1, 0.15) is 11.1 Å². The Bertz CT molecular complexity index is 1170. The van der Waals surface area contributed by atoms with Crippen LogP contribution in [0.15, 0.2) is 77.3 Å². The molecule has 0 amide bonds. The Kier molecular flexibility index (Phi) is 5.68. The van der Waals surface area contributed by atoms with Crippen molar-refractivity contribution in [1.29, 1.82) is 0 Å². The van der Waals surface area contributed by atoms with Crippen LogP contribution < -0.4 is 5.32 Å². The first kappa shape index (κ1) is 19.5. The minimum Gasteiger partial charge on any atom is -0.480 e. The number of carbonyl (C=O) groups is 1. The third-order valence-corrected chi connectivity index (χ3v) is 4.87. The number of nitrogens with one attached hydrogen (secondary N) is 1. The SMILES string of the molecule is Cc1c(-c2ccccc2)cccc1-c1nc(-c2cccc(CNCC(=O)O)c2)no1. The van der Waals surface area contributed by atoms with E-state index in [1.54, 1.807) is 0 Å². The van der Waals surface area contributed by atoms with E-state index >= 15 is 0 Å². The lowest BCUT2D eigenvalue weighted by Gasteiger charge is -2.08. The third-order valence-electron chi connectivity index (χ3n) is 4.87. The van der Waals surface area contributed by atoms with Crippen LogP contribution in [0, 0.1) is 6.92 Å². The van der Waals surface area contributed by atoms with Gasteiger partial charge in [-0.2, -0.15) is 4.98 Å². The van der Waals surface area contributed by atoms with Crippen molar-refractivity contribution in [3.63, 3.8) is 0 Å². The molecule has 3 aromatic carbocycles. The monoisotopic (exact) mass is 399 g/mol. The van der Waals surface area contributed by atoms with E-state index in [0.29, 0.717) is 18.3 Å². The van der Waals surface area contributed by atoms with Crippen molar-refractivity contribution >= 4 is 5.97 Å². The standard InChI is InChI=1S/C24H21N3O3/c1-16-20(18-8-3-2-4-9-18)11-6-12-21(16)24-26-23(27-30-24)19-10-5-7-17(13-19)14-25-15-22(28)29/h2-13,25H,14-15H2,1H3,(H,28,29). The molecule has 0 fully saturated rings. The van der Waals surface area contributed by atoms with Gasteiger partial charge in [0.1, 0.15) is 0 Å². The molecule has 30 heavy (non-hydrogen) atoms. The summed E-state index contributed by atoms with van der Waals surface area (Å²) in [6.07, 6.45) is 0. The molecule has 0 atom stereocenters. The fourth-order valence-corrected chi connectivity index (χ4v) is 3.38. The molecule has 1 heterocycles. The van der Waals surface area contributed by atoms with E-state index < -0.39 is 5.97 Å². The average Bonchev–Trinajstić information content (AvgIpc) is 3.25. The summed E-state index contributed by atoms with van der Waals surface area (Å²) in [5.74, 6) is 0.0753. The van der Waals surface area contributed by atoms with Gasteiger partial charge in [0, 0.05) is 17.7 Å². The predicted octanol–water partition coefficient (Wildman–Crippen LogP) is 4.55. The maximum atomic E-state index is 10.7. The summed E-state index contributed by atoms with van der Waals surface area (Å²) < 4.78 is 5.57. The highest BCUT2D eigenvalue weighted by Gasteiger charge is 2.15. The van der Waals surface area contributed by atoms with Gasteiger partial charge in [0.05, 0.1) is 6.54 Å². The largest absolute Gasteiger partial charge is 0.480 e. The van der Waals surface area contributed by atoms with E-state index in [4.69, 9.17) is 9.63 Å². The molecule has 0 saturated heterocycles. The Morgan fingerprint density at radius 3 is 2.50 bits per heavy atom. The molecule has 1 aromatic heterocycles. The molecule has 6 heteroatoms. The van der Waals surface area contributed by atoms with Gasteiger partial charge in [-0.1, -0.05) is 65.8 Å². The second kappa shape index (κ2) is 8.71. The van der Waals surface area contributed by atoms with Crippen LogP contribution in [0.25, 0.3) is 34.0 Å². The zero-order valence-electron chi connectivity index (χ0n) is 16.5. The molecule has 4 rings (SSSR count). The maximum Gasteiger partial charge on any atom is 0.317 e. The second-order valence-corrected chi connectivity index (χ2v) is 6.96. The number of aromatic nitrogens is 2. The molecule has 4 aromatic rings. The molecule has 0 aliphatic rings. The molecule has 0 aliphatic heterocycles. The van der Waals surface area contributed by atoms with Crippen LogP contribution in [-0.2, 0) is 11.3 Å². The molecular weight excluding hydrogens is 378 g/mol. The number of hydrogen-bond donors (Lipinski definition) is 2. The van der Waals surface area contributed by atoms with Crippen molar-refractivity contribution in [3.05, 3.63) is 83.9 Å². The molecule has 0 aliphatic carbocycles. The van der Waals surface area contributed by atoms with E-state index in [-0.39, 0.29) is 6.54 Å². The van der Waals surface area contributed by atoms with Gasteiger partial charge in [-0.05, 0) is 41.3 Å². The Morgan fingerprint density at radius 1 is 0.967 bits per heavy atom. The topological polar surface area (TPSA) is 88.2 Å². The van der Waals surface area contributed by atoms with Crippen molar-refractivity contribution in [1.82, 2.24) is 15.5 Å². The zero-order valence-corrected chi connectivity index (χ0v) is 16.5. The van der Waals surface area contributed by atoms with Crippen LogP contribution in [0.2, 0.25) is 0 Å². The summed E-state index contributed by atoms with van der Waals surface area (Å²) in [5.41, 5.74) is 6.00. The molecular formula is C24H21N3O3. The van der Waals surface area contributed by atoms with Gasteiger partial charge in [-0.15, -0.1) is 0 Å². The fourth-order valence-electron chi connectivity index (χ4n) is 3.38. The van der Waals surface area contributed by atoms with E-state index in [9.17, 15) is 4.79 Å². The van der Waals surface area contributed by atoms with Gasteiger partial charge in [-0.3, -0.25) is 4.79 Å². The Morgan fingerprint density at radius 2 is 1.70 bits per heavy atom. The Labute approximate surface area is 174 Å². The zero-order chi connectivity index (χ0) is 20.9. The quantitative estimate of drug-likeness (QED) is 0.474. The van der Waals surface area contributed by atoms with E-state index in [1.165, 1.54) is 0 Å². The second-order valence-electron chi connectivity index (χ2n) is 6.96. The lowest BCUT2D eigenvalue weighted by Crippen LogP contribution is -2.21. The summed E-state index contributed by atoms with van der Waals surface area (Å²) in [6.45, 7) is 2.41. The summed E-state index contributed by atoms with van der Waals surface area (Å²) in [7, 11) is 0. The number of aliphatic carboxylic acids is 1. The summed E-state index contributed by atoms with van der Waals surface area (Å²) >= 11 is 0. The van der Waals surface area contributed by atoms with E-state index in [0.717, 1.165) is 33.4 Å². The van der Waals surface area contributed by atoms with Crippen LogP contribution in [0.5, 0.6) is 0 Å². The van der Waals surface area contributed by atoms with Crippen molar-refractivity contribution < 1.29 is 14.4 Å². The lowest BCUT2D eigenvalue weighted by atomic mass is 9.96. The molecule has 0 bridgehead atoms. The third kappa shape index (κ3) is 4.29. The van der Waals surface area contributed by atoms with Crippen molar-refractivity contribution in [2.75, 3.05) is 6.54 Å². The molecule has 0 radical (unpaired) electrons. The van der Waals surface area contributed by atoms with Crippen molar-refractivity contribution in [2.24, 2.45) is 0 Å². The summed E-state index contributed by atoms with van der Waals surface area (Å²) in [5, 5.41) is 15.8. The van der Waals surface area contributed by atoms with Crippen molar-refractivity contribution in [3.8, 4) is 34.0 Å². The molecule has 0 saturated carbocycles. The van der Waals surface area contributed by atoms with Crippen LogP contribution in [-0.4, -0.2) is 27.8 Å². The molecule has 2 N–H and O–H groups in total. The first-order valence-electron chi connectivity index (χ1n) is 9.63. The number of hydrogen-bond acceptors (Lipinski definition) is 5. The number of nitrogens with zero attached hydrogens (tertiary/aromatic N) is 2. The number of carboxylic acids is 1. The minimum absolute atomic E-state index is 0.0897. The van der Waals surface area contributed by atoms with Gasteiger partial charge in [0.2, 0.25) is 5.82 Å². The first-order chi connectivity index (χ1) is 14.6. The molecule has 0 unspecified atom stereocenters. The lowest BCUT2D eigenvalue weighted by molar-refractivity contribution is -0.135. The highest BCUT2D eigenvalue weighted by Crippen LogP contribution is 2.31. The van der Waals surface area contributed by atoms with Gasteiger partial charge >= 0.3 is 5.97 Å². The van der Waals surface area contributed by atoms with Gasteiger partial charge in [0.25, 0.3) is 5.89 Å². The van der Waals surface area contributed by atoms with Crippen LogP contribution in [0.4, 0.5) is 0 Å². The number of benzene rings is 3. The summed E-state index contributed by atoms with van der Waals surface area (Å²) in [4.78, 5) is 15.3. The smallest absolute Gasteiger partial charge is 0.317 e. The highest BCUT2D eigenvalue weighted by atomic mass is 16.5. The fraction of sp³-hybridized carbons (Fsp3) is 0.125. The van der Waals surface area contributed by atoms with Gasteiger partial charge in [-0.25, -0.2) is 0 Å². The normalized spacial score (nSPS) is 10.8. The van der Waals surface area contributed by atoms with Gasteiger partial charge in [0.15, 0.2) is 0 Å².